The topological polar surface area (TPSA) is 68.5 Å². The summed E-state index contributed by atoms with van der Waals surface area (Å²) in [4.78, 5) is 18.9. The maximum absolute atomic E-state index is 12.6. The molecule has 2 unspecified atom stereocenters. The molecule has 122 valence electrons. The Bertz CT molecular complexity index is 524. The summed E-state index contributed by atoms with van der Waals surface area (Å²) in [5.74, 6) is 2.17. The van der Waals surface area contributed by atoms with E-state index in [1.165, 1.54) is 12.8 Å². The van der Waals surface area contributed by atoms with Gasteiger partial charge in [-0.1, -0.05) is 19.0 Å². The minimum absolute atomic E-state index is 0.0408. The molecule has 22 heavy (non-hydrogen) atoms. The van der Waals surface area contributed by atoms with Gasteiger partial charge in [-0.2, -0.15) is 4.98 Å². The van der Waals surface area contributed by atoms with Crippen molar-refractivity contribution in [2.75, 3.05) is 13.2 Å². The second-order valence-electron chi connectivity index (χ2n) is 6.75. The van der Waals surface area contributed by atoms with Crippen LogP contribution in [0.3, 0.4) is 0 Å². The summed E-state index contributed by atoms with van der Waals surface area (Å²) in [6, 6.07) is -0.0734. The van der Waals surface area contributed by atoms with E-state index in [4.69, 9.17) is 9.26 Å². The number of amides is 1. The predicted molar refractivity (Wildman–Crippen MR) is 80.2 cm³/mol. The van der Waals surface area contributed by atoms with Gasteiger partial charge in [-0.15, -0.1) is 0 Å². The Morgan fingerprint density at radius 2 is 2.14 bits per heavy atom. The highest BCUT2D eigenvalue weighted by molar-refractivity contribution is 5.81. The van der Waals surface area contributed by atoms with E-state index < -0.39 is 6.10 Å². The monoisotopic (exact) mass is 307 g/mol. The van der Waals surface area contributed by atoms with Crippen molar-refractivity contribution in [1.82, 2.24) is 15.0 Å². The first-order valence-electron chi connectivity index (χ1n) is 8.32. The van der Waals surface area contributed by atoms with Crippen LogP contribution in [0.2, 0.25) is 0 Å². The molecule has 0 spiro atoms. The first-order valence-corrected chi connectivity index (χ1v) is 8.32. The normalized spacial score (nSPS) is 23.3. The molecule has 1 saturated carbocycles. The van der Waals surface area contributed by atoms with E-state index in [0.717, 1.165) is 19.4 Å². The lowest BCUT2D eigenvalue weighted by atomic mass is 10.2. The lowest BCUT2D eigenvalue weighted by Gasteiger charge is -2.25. The van der Waals surface area contributed by atoms with Gasteiger partial charge in [0.05, 0.1) is 12.6 Å². The summed E-state index contributed by atoms with van der Waals surface area (Å²) >= 11 is 0. The fraction of sp³-hybridized carbons (Fsp3) is 0.812. The third-order valence-corrected chi connectivity index (χ3v) is 4.41. The van der Waals surface area contributed by atoms with Gasteiger partial charge in [0, 0.05) is 12.5 Å². The van der Waals surface area contributed by atoms with Gasteiger partial charge < -0.3 is 14.2 Å². The molecule has 3 rings (SSSR count). The molecule has 2 heterocycles. The minimum Gasteiger partial charge on any atom is -0.368 e. The van der Waals surface area contributed by atoms with E-state index in [2.05, 4.69) is 10.1 Å². The molecule has 1 amide bonds. The highest BCUT2D eigenvalue weighted by atomic mass is 16.5. The molecule has 6 heteroatoms. The number of rotatable bonds is 6. The largest absolute Gasteiger partial charge is 0.368 e. The molecule has 1 aromatic rings. The Labute approximate surface area is 131 Å². The molecule has 1 aliphatic heterocycles. The molecule has 2 aliphatic rings. The van der Waals surface area contributed by atoms with Crippen LogP contribution in [0.15, 0.2) is 4.52 Å². The number of nitrogens with zero attached hydrogens (tertiary/aromatic N) is 3. The van der Waals surface area contributed by atoms with E-state index in [9.17, 15) is 4.79 Å². The number of ether oxygens (including phenoxy) is 1. The SMILES string of the molecule is CC(OCC1CC1)C(=O)N1CCCC1c1noc(C(C)C)n1. The van der Waals surface area contributed by atoms with Crippen LogP contribution in [0.4, 0.5) is 0 Å². The number of carbonyl (C=O) groups is 1. The van der Waals surface area contributed by atoms with Crippen LogP contribution in [-0.4, -0.2) is 40.2 Å². The molecule has 0 bridgehead atoms. The Kier molecular flexibility index (Phi) is 4.47. The molecular formula is C16H25N3O3. The number of likely N-dealkylation sites (tertiary alicyclic amines) is 1. The van der Waals surface area contributed by atoms with Gasteiger partial charge in [-0.05, 0) is 38.5 Å². The van der Waals surface area contributed by atoms with Crippen molar-refractivity contribution in [3.63, 3.8) is 0 Å². The van der Waals surface area contributed by atoms with Gasteiger partial charge in [0.2, 0.25) is 5.89 Å². The molecular weight excluding hydrogens is 282 g/mol. The van der Waals surface area contributed by atoms with Crippen molar-refractivity contribution in [2.24, 2.45) is 5.92 Å². The molecule has 0 N–H and O–H groups in total. The molecule has 2 atom stereocenters. The van der Waals surface area contributed by atoms with E-state index >= 15 is 0 Å². The number of hydrogen-bond acceptors (Lipinski definition) is 5. The standard InChI is InChI=1S/C16H25N3O3/c1-10(2)15-17-14(18-22-15)13-5-4-8-19(13)16(20)11(3)21-9-12-6-7-12/h10-13H,4-9H2,1-3H3. The minimum atomic E-state index is -0.391. The van der Waals surface area contributed by atoms with Crippen molar-refractivity contribution in [2.45, 2.75) is 64.5 Å². The third-order valence-electron chi connectivity index (χ3n) is 4.41. The quantitative estimate of drug-likeness (QED) is 0.808. The molecule has 0 radical (unpaired) electrons. The van der Waals surface area contributed by atoms with Crippen LogP contribution in [0.5, 0.6) is 0 Å². The van der Waals surface area contributed by atoms with Crippen molar-refractivity contribution < 1.29 is 14.1 Å². The van der Waals surface area contributed by atoms with Gasteiger partial charge in [-0.25, -0.2) is 0 Å². The Hall–Kier alpha value is -1.43. The molecule has 1 aliphatic carbocycles. The lowest BCUT2D eigenvalue weighted by Crippen LogP contribution is -2.39. The van der Waals surface area contributed by atoms with Crippen LogP contribution in [0, 0.1) is 5.92 Å². The van der Waals surface area contributed by atoms with E-state index in [0.29, 0.717) is 24.2 Å². The number of hydrogen-bond donors (Lipinski definition) is 0. The van der Waals surface area contributed by atoms with Gasteiger partial charge in [-0.3, -0.25) is 4.79 Å². The van der Waals surface area contributed by atoms with Crippen molar-refractivity contribution in [3.8, 4) is 0 Å². The van der Waals surface area contributed by atoms with E-state index in [1.54, 1.807) is 0 Å². The second-order valence-corrected chi connectivity index (χ2v) is 6.75. The Morgan fingerprint density at radius 1 is 1.36 bits per heavy atom. The first-order chi connectivity index (χ1) is 10.6. The van der Waals surface area contributed by atoms with Gasteiger partial charge in [0.15, 0.2) is 5.82 Å². The molecule has 6 nitrogen and oxygen atoms in total. The highest BCUT2D eigenvalue weighted by Crippen LogP contribution is 2.32. The smallest absolute Gasteiger partial charge is 0.252 e. The van der Waals surface area contributed by atoms with Crippen LogP contribution >= 0.6 is 0 Å². The van der Waals surface area contributed by atoms with Gasteiger partial charge in [0.1, 0.15) is 6.10 Å². The zero-order chi connectivity index (χ0) is 15.7. The highest BCUT2D eigenvalue weighted by Gasteiger charge is 2.36. The van der Waals surface area contributed by atoms with E-state index in [1.807, 2.05) is 25.7 Å². The van der Waals surface area contributed by atoms with Crippen molar-refractivity contribution in [3.05, 3.63) is 11.7 Å². The molecule has 2 fully saturated rings. The van der Waals surface area contributed by atoms with Crippen LogP contribution in [0.1, 0.15) is 70.1 Å². The number of aromatic nitrogens is 2. The molecule has 1 saturated heterocycles. The number of carbonyl (C=O) groups excluding carboxylic acids is 1. The average molecular weight is 307 g/mol. The fourth-order valence-corrected chi connectivity index (χ4v) is 2.79. The summed E-state index contributed by atoms with van der Waals surface area (Å²) < 4.78 is 11.0. The summed E-state index contributed by atoms with van der Waals surface area (Å²) in [5, 5.41) is 4.07. The van der Waals surface area contributed by atoms with E-state index in [-0.39, 0.29) is 17.9 Å². The van der Waals surface area contributed by atoms with Crippen LogP contribution in [0.25, 0.3) is 0 Å². The second kappa shape index (κ2) is 6.36. The van der Waals surface area contributed by atoms with Gasteiger partial charge in [0.25, 0.3) is 5.91 Å². The van der Waals surface area contributed by atoms with Crippen LogP contribution < -0.4 is 0 Å². The predicted octanol–water partition coefficient (Wildman–Crippen LogP) is 2.67. The zero-order valence-electron chi connectivity index (χ0n) is 13.6. The summed E-state index contributed by atoms with van der Waals surface area (Å²) in [7, 11) is 0. The molecule has 0 aromatic carbocycles. The first kappa shape index (κ1) is 15.5. The third kappa shape index (κ3) is 3.32. The summed E-state index contributed by atoms with van der Waals surface area (Å²) in [6.45, 7) is 7.32. The lowest BCUT2D eigenvalue weighted by molar-refractivity contribution is -0.144. The molecule has 1 aromatic heterocycles. The fourth-order valence-electron chi connectivity index (χ4n) is 2.79. The van der Waals surface area contributed by atoms with Crippen molar-refractivity contribution >= 4 is 5.91 Å². The summed E-state index contributed by atoms with van der Waals surface area (Å²) in [5.41, 5.74) is 0. The van der Waals surface area contributed by atoms with Gasteiger partial charge >= 0.3 is 0 Å². The maximum atomic E-state index is 12.6. The Balaban J connectivity index is 1.64. The van der Waals surface area contributed by atoms with Crippen LogP contribution in [-0.2, 0) is 9.53 Å². The average Bonchev–Trinajstić information content (AvgIpc) is 3.01. The maximum Gasteiger partial charge on any atom is 0.252 e. The summed E-state index contributed by atoms with van der Waals surface area (Å²) in [6.07, 6.45) is 3.93. The zero-order valence-corrected chi connectivity index (χ0v) is 13.6. The Morgan fingerprint density at radius 3 is 2.77 bits per heavy atom. The van der Waals surface area contributed by atoms with Crippen molar-refractivity contribution in [1.29, 1.82) is 0 Å².